The number of nitrogens with one attached hydrogen (secondary N) is 1. The minimum atomic E-state index is -3.79. The second kappa shape index (κ2) is 9.72. The summed E-state index contributed by atoms with van der Waals surface area (Å²) in [7, 11) is -3.79. The summed E-state index contributed by atoms with van der Waals surface area (Å²) in [6, 6.07) is 10.5. The summed E-state index contributed by atoms with van der Waals surface area (Å²) >= 11 is 5.45. The summed E-state index contributed by atoms with van der Waals surface area (Å²) in [4.78, 5) is 28.5. The van der Waals surface area contributed by atoms with E-state index in [1.54, 1.807) is 17.0 Å². The molecule has 0 spiro atoms. The van der Waals surface area contributed by atoms with Gasteiger partial charge in [-0.15, -0.1) is 0 Å². The summed E-state index contributed by atoms with van der Waals surface area (Å²) in [6.45, 7) is 2.72. The first-order chi connectivity index (χ1) is 15.1. The lowest BCUT2D eigenvalue weighted by molar-refractivity contribution is -0.122. The van der Waals surface area contributed by atoms with Crippen molar-refractivity contribution in [1.82, 2.24) is 10.2 Å². The molecule has 3 N–H and O–H groups in total. The van der Waals surface area contributed by atoms with Crippen molar-refractivity contribution in [3.05, 3.63) is 59.9 Å². The number of amides is 2. The van der Waals surface area contributed by atoms with Gasteiger partial charge in [0, 0.05) is 13.1 Å². The Morgan fingerprint density at radius 3 is 2.38 bits per heavy atom. The molecule has 1 saturated heterocycles. The maximum Gasteiger partial charge on any atom is 0.257 e. The molecule has 0 aromatic heterocycles. The van der Waals surface area contributed by atoms with Crippen molar-refractivity contribution < 1.29 is 22.4 Å². The van der Waals surface area contributed by atoms with Crippen LogP contribution in [-0.2, 0) is 26.0 Å². The van der Waals surface area contributed by atoms with Crippen LogP contribution in [0, 0.1) is 5.82 Å². The number of imide groups is 1. The van der Waals surface area contributed by atoms with Gasteiger partial charge in [0.05, 0.1) is 17.0 Å². The first-order valence-corrected chi connectivity index (χ1v) is 11.9. The molecule has 1 aliphatic rings. The molecular formula is C21H23FN4O4S2. The van der Waals surface area contributed by atoms with Gasteiger partial charge in [-0.2, -0.15) is 0 Å². The van der Waals surface area contributed by atoms with E-state index in [0.29, 0.717) is 30.3 Å². The number of anilines is 1. The zero-order valence-corrected chi connectivity index (χ0v) is 19.0. The Hall–Kier alpha value is -2.89. The Kier molecular flexibility index (Phi) is 7.22. The lowest BCUT2D eigenvalue weighted by Crippen LogP contribution is -2.50. The van der Waals surface area contributed by atoms with Crippen LogP contribution in [0.2, 0.25) is 0 Å². The number of hydrogen-bond donors (Lipinski definition) is 2. The molecule has 0 saturated carbocycles. The first kappa shape index (κ1) is 23.8. The first-order valence-electron chi connectivity index (χ1n) is 9.90. The van der Waals surface area contributed by atoms with Crippen molar-refractivity contribution in [2.75, 3.05) is 18.0 Å². The smallest absolute Gasteiger partial charge is 0.257 e. The molecule has 1 fully saturated rings. The number of carbonyl (C=O) groups excluding carboxylic acids is 2. The molecular weight excluding hydrogens is 455 g/mol. The maximum atomic E-state index is 13.3. The number of rotatable bonds is 7. The van der Waals surface area contributed by atoms with Crippen LogP contribution >= 0.6 is 12.2 Å². The van der Waals surface area contributed by atoms with Crippen molar-refractivity contribution in [3.8, 4) is 0 Å². The summed E-state index contributed by atoms with van der Waals surface area (Å²) in [6.07, 6.45) is 0.386. The van der Waals surface area contributed by atoms with Crippen LogP contribution in [0.25, 0.3) is 0 Å². The highest BCUT2D eigenvalue weighted by Crippen LogP contribution is 2.26. The summed E-state index contributed by atoms with van der Waals surface area (Å²) < 4.78 is 36.1. The molecule has 170 valence electrons. The number of nitrogens with two attached hydrogens (primary N) is 1. The maximum absolute atomic E-state index is 13.3. The molecule has 1 heterocycles. The average molecular weight is 479 g/mol. The molecule has 2 aromatic carbocycles. The second-order valence-electron chi connectivity index (χ2n) is 7.23. The highest BCUT2D eigenvalue weighted by Gasteiger charge is 2.43. The van der Waals surface area contributed by atoms with Gasteiger partial charge in [-0.3, -0.25) is 9.59 Å². The predicted octanol–water partition coefficient (Wildman–Crippen LogP) is 1.54. The molecule has 2 amide bonds. The van der Waals surface area contributed by atoms with E-state index >= 15 is 0 Å². The third-order valence-electron chi connectivity index (χ3n) is 5.07. The fourth-order valence-corrected chi connectivity index (χ4v) is 4.35. The molecule has 0 bridgehead atoms. The number of halogens is 1. The van der Waals surface area contributed by atoms with E-state index in [9.17, 15) is 22.4 Å². The van der Waals surface area contributed by atoms with Gasteiger partial charge < -0.3 is 10.2 Å². The van der Waals surface area contributed by atoms with Gasteiger partial charge in [0.15, 0.2) is 5.11 Å². The number of carbonyl (C=O) groups is 2. The van der Waals surface area contributed by atoms with Gasteiger partial charge in [0.2, 0.25) is 15.9 Å². The Bertz CT molecular complexity index is 1120. The Labute approximate surface area is 191 Å². The Balaban J connectivity index is 1.79. The van der Waals surface area contributed by atoms with Gasteiger partial charge in [-0.25, -0.2) is 22.8 Å². The molecule has 11 heteroatoms. The molecule has 3 rings (SSSR count). The van der Waals surface area contributed by atoms with Crippen LogP contribution in [0.4, 0.5) is 10.1 Å². The second-order valence-corrected chi connectivity index (χ2v) is 9.18. The number of benzene rings is 2. The summed E-state index contributed by atoms with van der Waals surface area (Å²) in [5.41, 5.74) is 1.12. The van der Waals surface area contributed by atoms with Crippen LogP contribution < -0.4 is 15.4 Å². The quantitative estimate of drug-likeness (QED) is 0.459. The van der Waals surface area contributed by atoms with E-state index in [0.717, 1.165) is 10.5 Å². The van der Waals surface area contributed by atoms with Crippen LogP contribution in [0.1, 0.15) is 18.9 Å². The summed E-state index contributed by atoms with van der Waals surface area (Å²) in [5, 5.41) is 8.48. The molecule has 1 aliphatic heterocycles. The van der Waals surface area contributed by atoms with E-state index in [2.05, 4.69) is 5.32 Å². The largest absolute Gasteiger partial charge is 0.363 e. The molecule has 1 unspecified atom stereocenters. The number of thiocarbonyl (C=S) groups is 1. The van der Waals surface area contributed by atoms with Crippen molar-refractivity contribution in [2.24, 2.45) is 5.14 Å². The monoisotopic (exact) mass is 478 g/mol. The van der Waals surface area contributed by atoms with E-state index in [1.165, 1.54) is 36.4 Å². The highest BCUT2D eigenvalue weighted by molar-refractivity contribution is 7.89. The highest BCUT2D eigenvalue weighted by atomic mass is 32.2. The van der Waals surface area contributed by atoms with E-state index in [4.69, 9.17) is 17.4 Å². The molecule has 8 nitrogen and oxygen atoms in total. The number of hydrogen-bond acceptors (Lipinski definition) is 5. The number of primary sulfonamides is 1. The molecule has 32 heavy (non-hydrogen) atoms. The normalized spacial score (nSPS) is 16.3. The van der Waals surface area contributed by atoms with Gasteiger partial charge in [-0.05, 0) is 67.5 Å². The van der Waals surface area contributed by atoms with E-state index in [1.807, 2.05) is 6.92 Å². The van der Waals surface area contributed by atoms with Gasteiger partial charge >= 0.3 is 0 Å². The average Bonchev–Trinajstić information content (AvgIpc) is 3.03. The SMILES string of the molecule is CCNC(=S)N(CCc1ccc(S(N)(=O)=O)cc1)C1CC(=O)N(c2ccc(F)cc2)C1=O. The Morgan fingerprint density at radius 1 is 1.19 bits per heavy atom. The van der Waals surface area contributed by atoms with Gasteiger partial charge in [0.1, 0.15) is 11.9 Å². The van der Waals surface area contributed by atoms with Crippen LogP contribution in [-0.4, -0.2) is 49.4 Å². The third kappa shape index (κ3) is 5.29. The van der Waals surface area contributed by atoms with Gasteiger partial charge in [-0.1, -0.05) is 12.1 Å². The molecule has 0 aliphatic carbocycles. The number of sulfonamides is 1. The van der Waals surface area contributed by atoms with Crippen molar-refractivity contribution >= 4 is 44.9 Å². The minimum absolute atomic E-state index is 0.00721. The lowest BCUT2D eigenvalue weighted by atomic mass is 10.1. The lowest BCUT2D eigenvalue weighted by Gasteiger charge is -2.30. The zero-order valence-electron chi connectivity index (χ0n) is 17.3. The van der Waals surface area contributed by atoms with E-state index < -0.39 is 33.7 Å². The summed E-state index contributed by atoms with van der Waals surface area (Å²) in [5.74, 6) is -1.30. The minimum Gasteiger partial charge on any atom is -0.363 e. The van der Waals surface area contributed by atoms with Crippen LogP contribution in [0.15, 0.2) is 53.4 Å². The van der Waals surface area contributed by atoms with Crippen LogP contribution in [0.5, 0.6) is 0 Å². The fraction of sp³-hybridized carbons (Fsp3) is 0.286. The fourth-order valence-electron chi connectivity index (χ4n) is 3.47. The van der Waals surface area contributed by atoms with Crippen molar-refractivity contribution in [3.63, 3.8) is 0 Å². The van der Waals surface area contributed by atoms with Crippen molar-refractivity contribution in [1.29, 1.82) is 0 Å². The predicted molar refractivity (Wildman–Crippen MR) is 122 cm³/mol. The van der Waals surface area contributed by atoms with Crippen molar-refractivity contribution in [2.45, 2.75) is 30.7 Å². The van der Waals surface area contributed by atoms with Crippen LogP contribution in [0.3, 0.4) is 0 Å². The molecule has 2 aromatic rings. The zero-order chi connectivity index (χ0) is 23.5. The van der Waals surface area contributed by atoms with E-state index in [-0.39, 0.29) is 11.3 Å². The number of nitrogens with zero attached hydrogens (tertiary/aromatic N) is 2. The molecule has 1 atom stereocenters. The topological polar surface area (TPSA) is 113 Å². The molecule has 0 radical (unpaired) electrons. The van der Waals surface area contributed by atoms with Gasteiger partial charge in [0.25, 0.3) is 5.91 Å². The third-order valence-corrected chi connectivity index (χ3v) is 6.37. The Morgan fingerprint density at radius 2 is 1.81 bits per heavy atom. The standard InChI is InChI=1S/C21H23FN4O4S2/c1-2-24-21(31)25(12-11-14-3-9-17(10-4-14)32(23,29)30)18-13-19(27)26(20(18)28)16-7-5-15(22)6-8-16/h3-10,18H,2,11-13H2,1H3,(H,24,31)(H2,23,29,30).